The van der Waals surface area contributed by atoms with Gasteiger partial charge in [0.2, 0.25) is 0 Å². The van der Waals surface area contributed by atoms with E-state index in [2.05, 4.69) is 27.9 Å². The predicted molar refractivity (Wildman–Crippen MR) is 120 cm³/mol. The van der Waals surface area contributed by atoms with Crippen molar-refractivity contribution in [2.24, 2.45) is 0 Å². The molecule has 0 radical (unpaired) electrons. The number of thiazole rings is 1. The Hall–Kier alpha value is -2.82. The number of carboxylic acid groups (broad SMARTS) is 2. The second-order valence-electron chi connectivity index (χ2n) is 8.13. The molecule has 2 aromatic heterocycles. The maximum Gasteiger partial charge on any atom is 0.490 e. The number of hydrogen-bond donors (Lipinski definition) is 2. The van der Waals surface area contributed by atoms with Crippen LogP contribution in [0.5, 0.6) is 0 Å². The smallest absolute Gasteiger partial charge is 0.475 e. The lowest BCUT2D eigenvalue weighted by atomic mass is 10.1. The molecule has 0 bridgehead atoms. The van der Waals surface area contributed by atoms with Gasteiger partial charge >= 0.3 is 24.3 Å². The number of halogens is 6. The van der Waals surface area contributed by atoms with E-state index in [1.807, 2.05) is 17.8 Å². The fourth-order valence-corrected chi connectivity index (χ4v) is 4.52. The van der Waals surface area contributed by atoms with Crippen LogP contribution in [0.25, 0.3) is 0 Å². The molecule has 0 unspecified atom stereocenters. The first-order valence-corrected chi connectivity index (χ1v) is 11.9. The van der Waals surface area contributed by atoms with Crippen molar-refractivity contribution in [3.05, 3.63) is 46.2 Å². The number of aromatic nitrogens is 2. The number of carboxylic acids is 2. The van der Waals surface area contributed by atoms with Gasteiger partial charge in [0.25, 0.3) is 0 Å². The molecule has 4 rings (SSSR count). The quantitative estimate of drug-likeness (QED) is 0.510. The maximum atomic E-state index is 10.6. The van der Waals surface area contributed by atoms with E-state index in [0.29, 0.717) is 12.6 Å². The SMILES string of the molecule is Cc1ncsc1CN1CCO[C@H]2[C@@H](OCc3cccnc3)CC[C@@H]21.O=C(O)C(F)(F)F.O=C(O)C(F)(F)F. The lowest BCUT2D eigenvalue weighted by Crippen LogP contribution is -2.51. The summed E-state index contributed by atoms with van der Waals surface area (Å²) in [5.41, 5.74) is 4.22. The van der Waals surface area contributed by atoms with Gasteiger partial charge in [-0.25, -0.2) is 14.6 Å². The summed E-state index contributed by atoms with van der Waals surface area (Å²) in [6.45, 7) is 5.47. The van der Waals surface area contributed by atoms with Crippen LogP contribution in [0.2, 0.25) is 0 Å². The van der Waals surface area contributed by atoms with Gasteiger partial charge in [-0.3, -0.25) is 9.88 Å². The predicted octanol–water partition coefficient (Wildman–Crippen LogP) is 4.06. The number of fused-ring (bicyclic) bond motifs is 1. The lowest BCUT2D eigenvalue weighted by Gasteiger charge is -2.38. The Morgan fingerprint density at radius 2 is 1.79 bits per heavy atom. The van der Waals surface area contributed by atoms with Crippen LogP contribution >= 0.6 is 11.3 Å². The number of aryl methyl sites for hydroxylation is 1. The van der Waals surface area contributed by atoms with Crippen molar-refractivity contribution in [2.75, 3.05) is 13.2 Å². The van der Waals surface area contributed by atoms with Gasteiger partial charge < -0.3 is 19.7 Å². The highest BCUT2D eigenvalue weighted by atomic mass is 32.1. The molecule has 0 amide bonds. The molecule has 38 heavy (non-hydrogen) atoms. The highest BCUT2D eigenvalue weighted by Gasteiger charge is 2.43. The van der Waals surface area contributed by atoms with Crippen LogP contribution in [0.1, 0.15) is 29.0 Å². The Kier molecular flexibility index (Phi) is 11.4. The first-order chi connectivity index (χ1) is 17.7. The zero-order chi connectivity index (χ0) is 28.5. The third kappa shape index (κ3) is 9.81. The van der Waals surface area contributed by atoms with Crippen LogP contribution in [0.4, 0.5) is 26.3 Å². The monoisotopic (exact) mass is 573 g/mol. The van der Waals surface area contributed by atoms with Gasteiger partial charge in [0.15, 0.2) is 0 Å². The minimum atomic E-state index is -5.08. The number of hydrogen-bond acceptors (Lipinski definition) is 8. The van der Waals surface area contributed by atoms with Gasteiger partial charge in [0, 0.05) is 36.4 Å². The second-order valence-corrected chi connectivity index (χ2v) is 9.07. The lowest BCUT2D eigenvalue weighted by molar-refractivity contribution is -0.193. The average molecular weight is 574 g/mol. The van der Waals surface area contributed by atoms with Crippen LogP contribution < -0.4 is 0 Å². The Morgan fingerprint density at radius 1 is 1.16 bits per heavy atom. The largest absolute Gasteiger partial charge is 0.490 e. The molecule has 3 atom stereocenters. The zero-order valence-corrected chi connectivity index (χ0v) is 20.7. The Bertz CT molecular complexity index is 1010. The highest BCUT2D eigenvalue weighted by Crippen LogP contribution is 2.34. The number of nitrogens with zero attached hydrogens (tertiary/aromatic N) is 3. The van der Waals surface area contributed by atoms with E-state index in [1.165, 1.54) is 4.88 Å². The first-order valence-electron chi connectivity index (χ1n) is 11.1. The second kappa shape index (κ2) is 13.8. The number of alkyl halides is 6. The number of ether oxygens (including phenoxy) is 2. The van der Waals surface area contributed by atoms with E-state index in [-0.39, 0.29) is 12.2 Å². The van der Waals surface area contributed by atoms with E-state index in [0.717, 1.165) is 43.8 Å². The Labute approximate surface area is 217 Å². The standard InChI is InChI=1S/C18H23N3O2S.2C2HF3O2/c1-13-17(24-12-20-13)10-21-7-8-22-18-15(21)4-5-16(18)23-11-14-3-2-6-19-9-14;2*3-2(4,5)1(6)7/h2-3,6,9,12,15-16,18H,4-5,7-8,10-11H2,1H3;2*(H,6,7)/t15-,16-,18+;;/m0../s1. The van der Waals surface area contributed by atoms with Crippen molar-refractivity contribution in [1.82, 2.24) is 14.9 Å². The summed E-state index contributed by atoms with van der Waals surface area (Å²) in [6, 6.07) is 4.46. The molecule has 16 heteroatoms. The molecule has 212 valence electrons. The van der Waals surface area contributed by atoms with Gasteiger partial charge in [-0.2, -0.15) is 26.3 Å². The van der Waals surface area contributed by atoms with Gasteiger partial charge in [-0.05, 0) is 31.4 Å². The molecule has 2 aromatic rings. The van der Waals surface area contributed by atoms with Crippen molar-refractivity contribution >= 4 is 23.3 Å². The molecular formula is C22H25F6N3O6S. The third-order valence-corrected chi connectivity index (χ3v) is 6.43. The van der Waals surface area contributed by atoms with E-state index >= 15 is 0 Å². The summed E-state index contributed by atoms with van der Waals surface area (Å²) in [4.78, 5) is 30.2. The van der Waals surface area contributed by atoms with Crippen molar-refractivity contribution in [2.45, 2.75) is 63.5 Å². The third-order valence-electron chi connectivity index (χ3n) is 5.51. The summed E-state index contributed by atoms with van der Waals surface area (Å²) in [6.07, 6.45) is -3.94. The van der Waals surface area contributed by atoms with Gasteiger partial charge in [-0.1, -0.05) is 6.07 Å². The minimum Gasteiger partial charge on any atom is -0.475 e. The maximum absolute atomic E-state index is 10.6. The number of carbonyl (C=O) groups is 2. The van der Waals surface area contributed by atoms with Crippen molar-refractivity contribution < 1.29 is 55.6 Å². The van der Waals surface area contributed by atoms with E-state index in [1.54, 1.807) is 17.5 Å². The molecular weight excluding hydrogens is 548 g/mol. The van der Waals surface area contributed by atoms with Gasteiger partial charge in [-0.15, -0.1) is 11.3 Å². The average Bonchev–Trinajstić information content (AvgIpc) is 3.44. The van der Waals surface area contributed by atoms with Crippen molar-refractivity contribution in [3.8, 4) is 0 Å². The molecule has 2 fully saturated rings. The summed E-state index contributed by atoms with van der Waals surface area (Å²) >= 11 is 1.75. The van der Waals surface area contributed by atoms with Crippen LogP contribution in [0.3, 0.4) is 0 Å². The van der Waals surface area contributed by atoms with E-state index in [4.69, 9.17) is 29.3 Å². The fraction of sp³-hybridized carbons (Fsp3) is 0.545. The van der Waals surface area contributed by atoms with E-state index in [9.17, 15) is 26.3 Å². The Balaban J connectivity index is 0.000000301. The summed E-state index contributed by atoms with van der Waals surface area (Å²) in [7, 11) is 0. The number of aliphatic carboxylic acids is 2. The molecule has 9 nitrogen and oxygen atoms in total. The number of rotatable bonds is 5. The Morgan fingerprint density at radius 3 is 2.29 bits per heavy atom. The summed E-state index contributed by atoms with van der Waals surface area (Å²) in [5.74, 6) is -5.51. The molecule has 2 aliphatic rings. The van der Waals surface area contributed by atoms with E-state index < -0.39 is 24.3 Å². The van der Waals surface area contributed by atoms with Crippen LogP contribution in [0, 0.1) is 6.92 Å². The van der Waals surface area contributed by atoms with Crippen molar-refractivity contribution in [1.29, 1.82) is 0 Å². The van der Waals surface area contributed by atoms with Gasteiger partial charge in [0.05, 0.1) is 36.6 Å². The molecule has 2 N–H and O–H groups in total. The molecule has 0 aromatic carbocycles. The topological polar surface area (TPSA) is 122 Å². The van der Waals surface area contributed by atoms with Crippen LogP contribution in [-0.4, -0.2) is 80.8 Å². The van der Waals surface area contributed by atoms with Crippen molar-refractivity contribution in [3.63, 3.8) is 0 Å². The fourth-order valence-electron chi connectivity index (χ4n) is 3.72. The molecule has 1 saturated carbocycles. The number of pyridine rings is 1. The normalized spacial score (nSPS) is 21.4. The minimum absolute atomic E-state index is 0.181. The summed E-state index contributed by atoms with van der Waals surface area (Å²) in [5, 5.41) is 14.2. The van der Waals surface area contributed by atoms with Crippen LogP contribution in [0.15, 0.2) is 30.0 Å². The molecule has 0 spiro atoms. The molecule has 3 heterocycles. The van der Waals surface area contributed by atoms with Crippen LogP contribution in [-0.2, 0) is 32.2 Å². The molecule has 1 aliphatic heterocycles. The zero-order valence-electron chi connectivity index (χ0n) is 19.9. The van der Waals surface area contributed by atoms with Gasteiger partial charge in [0.1, 0.15) is 0 Å². The first kappa shape index (κ1) is 31.4. The summed E-state index contributed by atoms with van der Waals surface area (Å²) < 4.78 is 75.7. The molecule has 1 aliphatic carbocycles. The number of morpholine rings is 1. The molecule has 1 saturated heterocycles. The highest BCUT2D eigenvalue weighted by molar-refractivity contribution is 7.09.